The van der Waals surface area contributed by atoms with Gasteiger partial charge < -0.3 is 0 Å². The lowest BCUT2D eigenvalue weighted by molar-refractivity contribution is 0.626. The predicted molar refractivity (Wildman–Crippen MR) is 72.6 cm³/mol. The van der Waals surface area contributed by atoms with Crippen LogP contribution in [0.2, 0.25) is 0 Å². The first kappa shape index (κ1) is 38.2. The predicted octanol–water partition coefficient (Wildman–Crippen LogP) is 6.40. The fraction of sp³-hybridized carbons (Fsp3) is 1.00. The molecule has 0 unspecified atom stereocenters. The van der Waals surface area contributed by atoms with Crippen molar-refractivity contribution >= 4 is 0 Å². The molecule has 0 aromatic carbocycles. The summed E-state index contributed by atoms with van der Waals surface area (Å²) in [6.45, 7) is 14.9. The van der Waals surface area contributed by atoms with Crippen molar-refractivity contribution in [1.82, 2.24) is 0 Å². The molecule has 0 atom stereocenters. The summed E-state index contributed by atoms with van der Waals surface area (Å²) in [6, 6.07) is 0. The Hall–Kier alpha value is 0. The minimum atomic E-state index is 0. The summed E-state index contributed by atoms with van der Waals surface area (Å²) in [7, 11) is 0. The zero-order valence-electron chi connectivity index (χ0n) is 8.99. The molecule has 90 valence electrons. The van der Waals surface area contributed by atoms with Crippen molar-refractivity contribution in [3.8, 4) is 0 Å². The van der Waals surface area contributed by atoms with Crippen molar-refractivity contribution < 1.29 is 0 Å². The second-order valence-corrected chi connectivity index (χ2v) is 2.51. The highest BCUT2D eigenvalue weighted by atomic mass is 13.9. The maximum absolute atomic E-state index is 2.22. The SMILES string of the molecule is C.C.C.CC.CCC.CCC(C)C. The van der Waals surface area contributed by atoms with Gasteiger partial charge in [0.15, 0.2) is 0 Å². The second kappa shape index (κ2) is 58.1. The normalized spacial score (nSPS) is 5.54. The molecule has 0 amide bonds. The summed E-state index contributed by atoms with van der Waals surface area (Å²) in [4.78, 5) is 0. The van der Waals surface area contributed by atoms with Crippen molar-refractivity contribution in [2.75, 3.05) is 0 Å². The van der Waals surface area contributed by atoms with Gasteiger partial charge in [0.2, 0.25) is 0 Å². The lowest BCUT2D eigenvalue weighted by Crippen LogP contribution is -1.77. The summed E-state index contributed by atoms with van der Waals surface area (Å²) in [6.07, 6.45) is 2.56. The van der Waals surface area contributed by atoms with Gasteiger partial charge >= 0.3 is 0 Å². The summed E-state index contributed by atoms with van der Waals surface area (Å²) < 4.78 is 0. The smallest absolute Gasteiger partial charge is 0.0474 e. The molecule has 0 N–H and O–H groups in total. The van der Waals surface area contributed by atoms with Crippen molar-refractivity contribution in [3.05, 3.63) is 0 Å². The Bertz CT molecular complexity index is 21.2. The highest BCUT2D eigenvalue weighted by Gasteiger charge is 1.80. The molecular weight excluding hydrogens is 156 g/mol. The Kier molecular flexibility index (Phi) is 171. The van der Waals surface area contributed by atoms with E-state index < -0.39 is 0 Å². The van der Waals surface area contributed by atoms with E-state index in [0.29, 0.717) is 0 Å². The minimum absolute atomic E-state index is 0. The Morgan fingerprint density at radius 3 is 0.846 bits per heavy atom. The fourth-order valence-electron chi connectivity index (χ4n) is 0. The third kappa shape index (κ3) is 300. The monoisotopic (exact) mass is 194 g/mol. The highest BCUT2D eigenvalue weighted by Crippen LogP contribution is 1.93. The molecule has 0 radical (unpaired) electrons. The Morgan fingerprint density at radius 2 is 0.846 bits per heavy atom. The van der Waals surface area contributed by atoms with E-state index in [1.54, 1.807) is 0 Å². The maximum atomic E-state index is 2.22. The van der Waals surface area contributed by atoms with Gasteiger partial charge in [-0.15, -0.1) is 0 Å². The van der Waals surface area contributed by atoms with E-state index in [-0.39, 0.29) is 22.3 Å². The van der Waals surface area contributed by atoms with Crippen LogP contribution >= 0.6 is 0 Å². The highest BCUT2D eigenvalue weighted by molar-refractivity contribution is 4.32. The van der Waals surface area contributed by atoms with Crippen LogP contribution < -0.4 is 0 Å². The van der Waals surface area contributed by atoms with Crippen LogP contribution in [-0.2, 0) is 0 Å². The average Bonchev–Trinajstić information content (AvgIpc) is 1.94. The molecule has 0 nitrogen and oxygen atoms in total. The third-order valence-corrected chi connectivity index (χ3v) is 0.816. The van der Waals surface area contributed by atoms with Crippen LogP contribution in [0.1, 0.15) is 83.6 Å². The maximum Gasteiger partial charge on any atom is -0.0474 e. The van der Waals surface area contributed by atoms with E-state index >= 15 is 0 Å². The van der Waals surface area contributed by atoms with Crippen LogP contribution in [0.3, 0.4) is 0 Å². The standard InChI is InChI=1S/C5H12.C3H8.C2H6.3CH4/c1-4-5(2)3;1-3-2;1-2;;;/h5H,4H2,1-3H3;3H2,1-2H3;1-2H3;3*1H4. The van der Waals surface area contributed by atoms with Crippen LogP contribution in [-0.4, -0.2) is 0 Å². The number of hydrogen-bond acceptors (Lipinski definition) is 0. The zero-order valence-corrected chi connectivity index (χ0v) is 8.99. The molecule has 0 aliphatic carbocycles. The lowest BCUT2D eigenvalue weighted by atomic mass is 10.2. The molecule has 0 aliphatic rings. The Morgan fingerprint density at radius 1 is 0.769 bits per heavy atom. The second-order valence-electron chi connectivity index (χ2n) is 2.51. The molecule has 0 rings (SSSR count). The fourth-order valence-corrected chi connectivity index (χ4v) is 0. The number of rotatable bonds is 1. The molecule has 13 heavy (non-hydrogen) atoms. The number of hydrogen-bond donors (Lipinski definition) is 0. The summed E-state index contributed by atoms with van der Waals surface area (Å²) >= 11 is 0. The molecular formula is C13H38. The Balaban J connectivity index is -0.0000000138. The quantitative estimate of drug-likeness (QED) is 0.453. The molecule has 0 spiro atoms. The molecule has 0 fully saturated rings. The summed E-state index contributed by atoms with van der Waals surface area (Å²) in [5.74, 6) is 0.884. The largest absolute Gasteiger partial charge is 0.0776 e. The molecule has 0 saturated heterocycles. The van der Waals surface area contributed by atoms with Gasteiger partial charge in [0, 0.05) is 0 Å². The van der Waals surface area contributed by atoms with Crippen molar-refractivity contribution in [3.63, 3.8) is 0 Å². The van der Waals surface area contributed by atoms with Gasteiger partial charge in [-0.2, -0.15) is 0 Å². The van der Waals surface area contributed by atoms with E-state index in [4.69, 9.17) is 0 Å². The minimum Gasteiger partial charge on any atom is -0.0776 e. The van der Waals surface area contributed by atoms with Crippen LogP contribution in [0.25, 0.3) is 0 Å². The van der Waals surface area contributed by atoms with Crippen molar-refractivity contribution in [2.24, 2.45) is 5.92 Å². The molecule has 0 saturated carbocycles. The van der Waals surface area contributed by atoms with Gasteiger partial charge in [0.05, 0.1) is 0 Å². The van der Waals surface area contributed by atoms with Gasteiger partial charge in [-0.05, 0) is 5.92 Å². The first-order valence-electron chi connectivity index (χ1n) is 4.68. The van der Waals surface area contributed by atoms with E-state index in [9.17, 15) is 0 Å². The molecule has 0 heterocycles. The Labute approximate surface area is 90.1 Å². The van der Waals surface area contributed by atoms with E-state index in [2.05, 4.69) is 34.6 Å². The third-order valence-electron chi connectivity index (χ3n) is 0.816. The topological polar surface area (TPSA) is 0 Å². The van der Waals surface area contributed by atoms with Gasteiger partial charge in [0.25, 0.3) is 0 Å². The van der Waals surface area contributed by atoms with Crippen LogP contribution in [0.4, 0.5) is 0 Å². The average molecular weight is 194 g/mol. The molecule has 0 aliphatic heterocycles. The van der Waals surface area contributed by atoms with E-state index in [1.165, 1.54) is 12.8 Å². The lowest BCUT2D eigenvalue weighted by Gasteiger charge is -1.90. The molecule has 0 heteroatoms. The van der Waals surface area contributed by atoms with Crippen molar-refractivity contribution in [1.29, 1.82) is 0 Å². The summed E-state index contributed by atoms with van der Waals surface area (Å²) in [5.41, 5.74) is 0. The molecule has 0 aromatic rings. The molecule has 0 bridgehead atoms. The van der Waals surface area contributed by atoms with Gasteiger partial charge in [-0.25, -0.2) is 0 Å². The first-order chi connectivity index (χ1) is 4.68. The van der Waals surface area contributed by atoms with E-state index in [1.807, 2.05) is 13.8 Å². The van der Waals surface area contributed by atoms with Gasteiger partial charge in [0.1, 0.15) is 0 Å². The van der Waals surface area contributed by atoms with Crippen LogP contribution in [0.5, 0.6) is 0 Å². The zero-order chi connectivity index (χ0) is 8.99. The van der Waals surface area contributed by atoms with Gasteiger partial charge in [-0.1, -0.05) is 83.6 Å². The molecule has 0 aromatic heterocycles. The summed E-state index contributed by atoms with van der Waals surface area (Å²) in [5, 5.41) is 0. The van der Waals surface area contributed by atoms with Crippen molar-refractivity contribution in [2.45, 2.75) is 83.6 Å². The van der Waals surface area contributed by atoms with Gasteiger partial charge in [-0.3, -0.25) is 0 Å². The van der Waals surface area contributed by atoms with Crippen LogP contribution in [0, 0.1) is 5.92 Å². The first-order valence-corrected chi connectivity index (χ1v) is 4.68. The van der Waals surface area contributed by atoms with E-state index in [0.717, 1.165) is 5.92 Å². The van der Waals surface area contributed by atoms with Crippen LogP contribution in [0.15, 0.2) is 0 Å².